The molecule has 0 aliphatic heterocycles. The predicted molar refractivity (Wildman–Crippen MR) is 77.1 cm³/mol. The highest BCUT2D eigenvalue weighted by Gasteiger charge is 2.21. The Morgan fingerprint density at radius 1 is 1.55 bits per heavy atom. The Hall–Kier alpha value is -2.17. The van der Waals surface area contributed by atoms with Gasteiger partial charge in [0.1, 0.15) is 4.83 Å². The number of nitrogens with zero attached hydrogens (tertiary/aromatic N) is 1. The third-order valence-electron chi connectivity index (χ3n) is 2.90. The Labute approximate surface area is 118 Å². The summed E-state index contributed by atoms with van der Waals surface area (Å²) < 4.78 is 0. The van der Waals surface area contributed by atoms with E-state index in [2.05, 4.69) is 22.3 Å². The molecule has 2 aromatic heterocycles. The minimum absolute atomic E-state index is 0.280. The summed E-state index contributed by atoms with van der Waals surface area (Å²) in [4.78, 5) is 30.5. The molecule has 7 heteroatoms. The maximum absolute atomic E-state index is 11.8. The van der Waals surface area contributed by atoms with Gasteiger partial charge in [-0.1, -0.05) is 5.92 Å². The Morgan fingerprint density at radius 3 is 2.85 bits per heavy atom. The normalized spacial score (nSPS) is 12.4. The average molecular weight is 291 g/mol. The number of nitrogens with one attached hydrogen (secondary N) is 1. The van der Waals surface area contributed by atoms with E-state index in [1.165, 1.54) is 16.2 Å². The molecule has 6 nitrogen and oxygen atoms in total. The number of carboxylic acids is 1. The van der Waals surface area contributed by atoms with Gasteiger partial charge in [-0.15, -0.1) is 17.8 Å². The van der Waals surface area contributed by atoms with E-state index in [0.29, 0.717) is 16.8 Å². The van der Waals surface area contributed by atoms with Gasteiger partial charge in [-0.05, 0) is 24.8 Å². The van der Waals surface area contributed by atoms with Crippen LogP contribution in [0, 0.1) is 12.3 Å². The average Bonchev–Trinajstić information content (AvgIpc) is 2.98. The number of carbonyl (C=O) groups is 1. The van der Waals surface area contributed by atoms with Crippen LogP contribution in [0.25, 0.3) is 10.2 Å². The molecular weight excluding hydrogens is 278 g/mol. The van der Waals surface area contributed by atoms with Crippen molar-refractivity contribution in [3.8, 4) is 12.3 Å². The molecule has 1 aliphatic rings. The highest BCUT2D eigenvalue weighted by atomic mass is 32.1. The van der Waals surface area contributed by atoms with E-state index in [1.807, 2.05) is 0 Å². The first-order valence-corrected chi connectivity index (χ1v) is 6.81. The third-order valence-corrected chi connectivity index (χ3v) is 4.08. The first-order chi connectivity index (χ1) is 9.58. The zero-order chi connectivity index (χ0) is 14.7. The van der Waals surface area contributed by atoms with Crippen LogP contribution >= 0.6 is 11.3 Å². The monoisotopic (exact) mass is 291 g/mol. The summed E-state index contributed by atoms with van der Waals surface area (Å²) in [5, 5.41) is 9.37. The van der Waals surface area contributed by atoms with Crippen LogP contribution in [0.15, 0.2) is 4.79 Å². The second-order valence-corrected chi connectivity index (χ2v) is 5.25. The van der Waals surface area contributed by atoms with Crippen molar-refractivity contribution in [3.63, 3.8) is 0 Å². The molecule has 0 spiro atoms. The van der Waals surface area contributed by atoms with E-state index < -0.39 is 5.97 Å². The second-order valence-electron chi connectivity index (χ2n) is 4.17. The largest absolute Gasteiger partial charge is 0.475 e. The molecule has 0 atom stereocenters. The minimum Gasteiger partial charge on any atom is -0.475 e. The lowest BCUT2D eigenvalue weighted by Crippen LogP contribution is -2.15. The van der Waals surface area contributed by atoms with Gasteiger partial charge in [0.2, 0.25) is 5.82 Å². The molecule has 0 saturated heterocycles. The molecule has 2 heterocycles. The van der Waals surface area contributed by atoms with E-state index in [-0.39, 0.29) is 11.4 Å². The van der Waals surface area contributed by atoms with Gasteiger partial charge in [0, 0.05) is 4.88 Å². The zero-order valence-electron chi connectivity index (χ0n) is 10.6. The number of thiophene rings is 1. The van der Waals surface area contributed by atoms with Gasteiger partial charge in [0.25, 0.3) is 5.56 Å². The number of rotatable bonds is 1. The first kappa shape index (κ1) is 14.2. The lowest BCUT2D eigenvalue weighted by molar-refractivity contribution is 0.0683. The number of terminal acetylenes is 1. The van der Waals surface area contributed by atoms with Crippen molar-refractivity contribution in [1.29, 1.82) is 0 Å². The van der Waals surface area contributed by atoms with Crippen molar-refractivity contribution < 1.29 is 9.90 Å². The molecule has 1 aliphatic carbocycles. The number of fused-ring (bicyclic) bond motifs is 3. The summed E-state index contributed by atoms with van der Waals surface area (Å²) in [6, 6.07) is 0. The van der Waals surface area contributed by atoms with Crippen LogP contribution in [0.2, 0.25) is 0 Å². The van der Waals surface area contributed by atoms with Crippen molar-refractivity contribution in [2.75, 3.05) is 6.54 Å². The number of H-pyrrole nitrogens is 1. The minimum atomic E-state index is -1.20. The summed E-state index contributed by atoms with van der Waals surface area (Å²) in [6.45, 7) is 0.347. The van der Waals surface area contributed by atoms with Crippen LogP contribution in [0.3, 0.4) is 0 Å². The molecule has 0 unspecified atom stereocenters. The van der Waals surface area contributed by atoms with Gasteiger partial charge < -0.3 is 15.8 Å². The van der Waals surface area contributed by atoms with Gasteiger partial charge in [-0.25, -0.2) is 9.78 Å². The van der Waals surface area contributed by atoms with Crippen LogP contribution in [0.5, 0.6) is 0 Å². The highest BCUT2D eigenvalue weighted by molar-refractivity contribution is 7.18. The fourth-order valence-corrected chi connectivity index (χ4v) is 3.37. The maximum Gasteiger partial charge on any atom is 0.372 e. The van der Waals surface area contributed by atoms with Gasteiger partial charge in [-0.3, -0.25) is 4.79 Å². The lowest BCUT2D eigenvalue weighted by atomic mass is 10.2. The van der Waals surface area contributed by atoms with Crippen LogP contribution in [0.1, 0.15) is 27.5 Å². The summed E-state index contributed by atoms with van der Waals surface area (Å²) in [6.07, 6.45) is 7.59. The Kier molecular flexibility index (Phi) is 4.17. The van der Waals surface area contributed by atoms with E-state index >= 15 is 0 Å². The molecule has 0 amide bonds. The summed E-state index contributed by atoms with van der Waals surface area (Å²) in [7, 11) is 0. The summed E-state index contributed by atoms with van der Waals surface area (Å²) in [5.74, 6) is 0.727. The third kappa shape index (κ3) is 2.57. The Balaban J connectivity index is 0.000000328. The second kappa shape index (κ2) is 5.86. The SMILES string of the molecule is C#CCN.O=C(O)c1nc2sc3c(c2c(=O)[nH]1)CCC3. The highest BCUT2D eigenvalue weighted by Crippen LogP contribution is 2.34. The molecule has 0 aromatic carbocycles. The van der Waals surface area contributed by atoms with Gasteiger partial charge >= 0.3 is 5.97 Å². The van der Waals surface area contributed by atoms with E-state index in [9.17, 15) is 9.59 Å². The molecule has 20 heavy (non-hydrogen) atoms. The number of hydrogen-bond acceptors (Lipinski definition) is 5. The van der Waals surface area contributed by atoms with E-state index in [0.717, 1.165) is 24.8 Å². The number of aromatic amines is 1. The molecule has 0 fully saturated rings. The zero-order valence-corrected chi connectivity index (χ0v) is 11.4. The van der Waals surface area contributed by atoms with Gasteiger partial charge in [0.05, 0.1) is 11.9 Å². The smallest absolute Gasteiger partial charge is 0.372 e. The number of aromatic nitrogens is 2. The van der Waals surface area contributed by atoms with Crippen molar-refractivity contribution >= 4 is 27.5 Å². The Bertz CT molecular complexity index is 755. The molecule has 3 rings (SSSR count). The van der Waals surface area contributed by atoms with E-state index in [1.54, 1.807) is 0 Å². The number of aryl methyl sites for hydroxylation is 2. The summed E-state index contributed by atoms with van der Waals surface area (Å²) in [5.41, 5.74) is 5.52. The molecule has 2 aromatic rings. The van der Waals surface area contributed by atoms with E-state index in [4.69, 9.17) is 10.8 Å². The first-order valence-electron chi connectivity index (χ1n) is 5.99. The van der Waals surface area contributed by atoms with Gasteiger partial charge in [0.15, 0.2) is 0 Å². The number of aromatic carboxylic acids is 1. The molecule has 4 N–H and O–H groups in total. The fourth-order valence-electron chi connectivity index (χ4n) is 2.10. The molecule has 0 saturated carbocycles. The number of hydrogen-bond donors (Lipinski definition) is 3. The van der Waals surface area contributed by atoms with Crippen LogP contribution in [0.4, 0.5) is 0 Å². The van der Waals surface area contributed by atoms with Crippen LogP contribution < -0.4 is 11.3 Å². The predicted octanol–water partition coefficient (Wildman–Crippen LogP) is 0.750. The summed E-state index contributed by atoms with van der Waals surface area (Å²) >= 11 is 1.44. The van der Waals surface area contributed by atoms with Crippen molar-refractivity contribution in [2.24, 2.45) is 5.73 Å². The van der Waals surface area contributed by atoms with Crippen molar-refractivity contribution in [2.45, 2.75) is 19.3 Å². The maximum atomic E-state index is 11.8. The van der Waals surface area contributed by atoms with Gasteiger partial charge in [-0.2, -0.15) is 0 Å². The fraction of sp³-hybridized carbons (Fsp3) is 0.308. The topological polar surface area (TPSA) is 109 Å². The number of nitrogens with two attached hydrogens (primary N) is 1. The quantitative estimate of drug-likeness (QED) is 0.672. The lowest BCUT2D eigenvalue weighted by Gasteiger charge is -1.95. The molecule has 0 bridgehead atoms. The molecular formula is C13H13N3O3S. The van der Waals surface area contributed by atoms with Crippen molar-refractivity contribution in [1.82, 2.24) is 9.97 Å². The molecule has 0 radical (unpaired) electrons. The molecule has 104 valence electrons. The Morgan fingerprint density at radius 2 is 2.25 bits per heavy atom. The number of carboxylic acid groups (broad SMARTS) is 1. The van der Waals surface area contributed by atoms with Crippen LogP contribution in [-0.4, -0.2) is 27.6 Å². The van der Waals surface area contributed by atoms with Crippen LogP contribution in [-0.2, 0) is 12.8 Å². The standard InChI is InChI=1S/C10H8N2O3S.C3H5N/c13-8-6-4-2-1-3-5(4)16-9(6)12-7(11-8)10(14)15;1-2-3-4/h1-3H2,(H,14,15)(H,11,12,13);1H,3-4H2. The van der Waals surface area contributed by atoms with Crippen molar-refractivity contribution in [3.05, 3.63) is 26.6 Å².